The molecule has 1 amide bonds. The lowest BCUT2D eigenvalue weighted by atomic mass is 10.2. The molecule has 3 heterocycles. The highest BCUT2D eigenvalue weighted by molar-refractivity contribution is 5.81. The van der Waals surface area contributed by atoms with E-state index in [2.05, 4.69) is 15.3 Å². The Balaban J connectivity index is 1.56. The summed E-state index contributed by atoms with van der Waals surface area (Å²) in [5.74, 6) is 0.529. The number of amides is 1. The van der Waals surface area contributed by atoms with Crippen LogP contribution in [0.25, 0.3) is 0 Å². The maximum Gasteiger partial charge on any atom is 0.263 e. The van der Waals surface area contributed by atoms with Gasteiger partial charge in [0.25, 0.3) is 5.91 Å². The number of pyridine rings is 1. The summed E-state index contributed by atoms with van der Waals surface area (Å²) >= 11 is 0. The Morgan fingerprint density at radius 3 is 3.17 bits per heavy atom. The summed E-state index contributed by atoms with van der Waals surface area (Å²) in [6.45, 7) is 3.90. The van der Waals surface area contributed by atoms with Gasteiger partial charge in [-0.05, 0) is 19.1 Å². The molecule has 0 saturated carbocycles. The molecule has 8 heteroatoms. The second-order valence-corrected chi connectivity index (χ2v) is 5.35. The van der Waals surface area contributed by atoms with Crippen molar-refractivity contribution >= 4 is 5.91 Å². The first kappa shape index (κ1) is 15.4. The Morgan fingerprint density at radius 1 is 1.52 bits per heavy atom. The zero-order valence-electron chi connectivity index (χ0n) is 12.9. The first-order valence-corrected chi connectivity index (χ1v) is 7.53. The number of carbonyl (C=O) groups is 1. The molecule has 1 fully saturated rings. The third kappa shape index (κ3) is 4.04. The molecule has 0 spiro atoms. The molecule has 0 radical (unpaired) electrons. The van der Waals surface area contributed by atoms with E-state index in [0.29, 0.717) is 32.0 Å². The number of ether oxygens (including phenoxy) is 2. The van der Waals surface area contributed by atoms with E-state index in [4.69, 9.17) is 9.47 Å². The molecule has 2 unspecified atom stereocenters. The predicted octanol–water partition coefficient (Wildman–Crippen LogP) is 0.368. The number of hydrogen-bond acceptors (Lipinski definition) is 6. The number of aromatic nitrogens is 4. The molecule has 0 aliphatic carbocycles. The minimum atomic E-state index is -0.565. The maximum atomic E-state index is 12.5. The number of hydrogen-bond donors (Lipinski definition) is 0. The van der Waals surface area contributed by atoms with E-state index in [1.54, 1.807) is 53.4 Å². The normalized spacial score (nSPS) is 19.3. The van der Waals surface area contributed by atoms with Gasteiger partial charge in [-0.1, -0.05) is 5.21 Å². The Labute approximate surface area is 134 Å². The van der Waals surface area contributed by atoms with Crippen molar-refractivity contribution in [1.29, 1.82) is 0 Å². The molecule has 1 saturated heterocycles. The van der Waals surface area contributed by atoms with Crippen molar-refractivity contribution in [2.45, 2.75) is 25.7 Å². The standard InChI is InChI=1S/C15H19N5O3/c1-12(23-13-3-2-4-16-9-13)15(21)19-7-8-22-14(10-19)11-20-6-5-17-18-20/h2-6,9,12,14H,7-8,10-11H2,1H3. The molecule has 1 aliphatic heterocycles. The average molecular weight is 317 g/mol. The van der Waals surface area contributed by atoms with Crippen LogP contribution in [0.2, 0.25) is 0 Å². The first-order valence-electron chi connectivity index (χ1n) is 7.53. The lowest BCUT2D eigenvalue weighted by Crippen LogP contribution is -2.50. The van der Waals surface area contributed by atoms with Crippen LogP contribution in [0, 0.1) is 0 Å². The maximum absolute atomic E-state index is 12.5. The number of rotatable bonds is 5. The molecular formula is C15H19N5O3. The Kier molecular flexibility index (Phi) is 4.82. The third-order valence-corrected chi connectivity index (χ3v) is 3.61. The molecular weight excluding hydrogens is 298 g/mol. The highest BCUT2D eigenvalue weighted by Crippen LogP contribution is 2.13. The van der Waals surface area contributed by atoms with Gasteiger partial charge in [0.05, 0.1) is 31.6 Å². The van der Waals surface area contributed by atoms with Crippen molar-refractivity contribution in [3.05, 3.63) is 36.9 Å². The van der Waals surface area contributed by atoms with Crippen molar-refractivity contribution in [2.75, 3.05) is 19.7 Å². The smallest absolute Gasteiger partial charge is 0.263 e. The number of carbonyl (C=O) groups excluding carboxylic acids is 1. The monoisotopic (exact) mass is 317 g/mol. The van der Waals surface area contributed by atoms with E-state index in [0.717, 1.165) is 0 Å². The van der Waals surface area contributed by atoms with Crippen LogP contribution in [0.5, 0.6) is 5.75 Å². The zero-order valence-corrected chi connectivity index (χ0v) is 12.9. The second-order valence-electron chi connectivity index (χ2n) is 5.35. The molecule has 0 aromatic carbocycles. The van der Waals surface area contributed by atoms with Crippen LogP contribution in [0.4, 0.5) is 0 Å². The Bertz CT molecular complexity index is 619. The van der Waals surface area contributed by atoms with Crippen LogP contribution in [-0.2, 0) is 16.1 Å². The van der Waals surface area contributed by atoms with E-state index >= 15 is 0 Å². The summed E-state index contributed by atoms with van der Waals surface area (Å²) in [6.07, 6.45) is 5.99. The van der Waals surface area contributed by atoms with Crippen LogP contribution in [0.1, 0.15) is 6.92 Å². The van der Waals surface area contributed by atoms with E-state index < -0.39 is 6.10 Å². The summed E-state index contributed by atoms with van der Waals surface area (Å²) in [5.41, 5.74) is 0. The highest BCUT2D eigenvalue weighted by Gasteiger charge is 2.28. The Hall–Kier alpha value is -2.48. The van der Waals surface area contributed by atoms with Crippen LogP contribution in [0.15, 0.2) is 36.9 Å². The lowest BCUT2D eigenvalue weighted by Gasteiger charge is -2.34. The number of morpholine rings is 1. The Morgan fingerprint density at radius 2 is 2.43 bits per heavy atom. The van der Waals surface area contributed by atoms with Gasteiger partial charge in [-0.2, -0.15) is 0 Å². The van der Waals surface area contributed by atoms with Crippen molar-refractivity contribution in [3.63, 3.8) is 0 Å². The third-order valence-electron chi connectivity index (χ3n) is 3.61. The molecule has 2 aromatic heterocycles. The molecule has 23 heavy (non-hydrogen) atoms. The minimum Gasteiger partial charge on any atom is -0.479 e. The van der Waals surface area contributed by atoms with E-state index in [1.165, 1.54) is 0 Å². The number of nitrogens with zero attached hydrogens (tertiary/aromatic N) is 5. The highest BCUT2D eigenvalue weighted by atomic mass is 16.5. The van der Waals surface area contributed by atoms with Crippen molar-refractivity contribution in [2.24, 2.45) is 0 Å². The van der Waals surface area contributed by atoms with Gasteiger partial charge in [0.2, 0.25) is 0 Å². The van der Waals surface area contributed by atoms with Crippen LogP contribution in [0.3, 0.4) is 0 Å². The molecule has 3 rings (SSSR count). The molecule has 1 aliphatic rings. The van der Waals surface area contributed by atoms with Gasteiger partial charge in [-0.3, -0.25) is 9.78 Å². The predicted molar refractivity (Wildman–Crippen MR) is 80.7 cm³/mol. The van der Waals surface area contributed by atoms with E-state index in [-0.39, 0.29) is 12.0 Å². The summed E-state index contributed by atoms with van der Waals surface area (Å²) in [6, 6.07) is 3.55. The van der Waals surface area contributed by atoms with Crippen molar-refractivity contribution < 1.29 is 14.3 Å². The summed E-state index contributed by atoms with van der Waals surface area (Å²) in [5, 5.41) is 7.69. The fraction of sp³-hybridized carbons (Fsp3) is 0.467. The quantitative estimate of drug-likeness (QED) is 0.792. The van der Waals surface area contributed by atoms with Crippen LogP contribution in [-0.4, -0.2) is 62.7 Å². The topological polar surface area (TPSA) is 82.4 Å². The van der Waals surface area contributed by atoms with Crippen LogP contribution < -0.4 is 4.74 Å². The lowest BCUT2D eigenvalue weighted by molar-refractivity contribution is -0.146. The van der Waals surface area contributed by atoms with Gasteiger partial charge >= 0.3 is 0 Å². The van der Waals surface area contributed by atoms with E-state index in [9.17, 15) is 4.79 Å². The fourth-order valence-electron chi connectivity index (χ4n) is 2.50. The molecule has 2 aromatic rings. The van der Waals surface area contributed by atoms with E-state index in [1.807, 2.05) is 0 Å². The molecule has 8 nitrogen and oxygen atoms in total. The molecule has 2 atom stereocenters. The minimum absolute atomic E-state index is 0.0549. The van der Waals surface area contributed by atoms with Crippen molar-refractivity contribution in [1.82, 2.24) is 24.9 Å². The summed E-state index contributed by atoms with van der Waals surface area (Å²) in [4.78, 5) is 18.3. The molecule has 0 N–H and O–H groups in total. The average Bonchev–Trinajstić information content (AvgIpc) is 3.08. The summed E-state index contributed by atoms with van der Waals surface area (Å²) < 4.78 is 13.0. The fourth-order valence-corrected chi connectivity index (χ4v) is 2.50. The zero-order chi connectivity index (χ0) is 16.1. The first-order chi connectivity index (χ1) is 11.2. The van der Waals surface area contributed by atoms with Gasteiger partial charge in [0, 0.05) is 25.5 Å². The second kappa shape index (κ2) is 7.19. The summed E-state index contributed by atoms with van der Waals surface area (Å²) in [7, 11) is 0. The molecule has 122 valence electrons. The van der Waals surface area contributed by atoms with Gasteiger partial charge in [0.15, 0.2) is 6.10 Å². The molecule has 0 bridgehead atoms. The van der Waals surface area contributed by atoms with Gasteiger partial charge in [-0.15, -0.1) is 5.10 Å². The van der Waals surface area contributed by atoms with Gasteiger partial charge < -0.3 is 14.4 Å². The van der Waals surface area contributed by atoms with Crippen molar-refractivity contribution in [3.8, 4) is 5.75 Å². The SMILES string of the molecule is CC(Oc1cccnc1)C(=O)N1CCOC(Cn2ccnn2)C1. The largest absolute Gasteiger partial charge is 0.479 e. The van der Waals surface area contributed by atoms with Gasteiger partial charge in [0.1, 0.15) is 5.75 Å². The van der Waals surface area contributed by atoms with Gasteiger partial charge in [-0.25, -0.2) is 4.68 Å². The van der Waals surface area contributed by atoms with Crippen LogP contribution >= 0.6 is 0 Å².